The molecule has 1 aliphatic heterocycles. The summed E-state index contributed by atoms with van der Waals surface area (Å²) in [5, 5.41) is 16.6. The van der Waals surface area contributed by atoms with Gasteiger partial charge in [0.25, 0.3) is 0 Å². The first-order chi connectivity index (χ1) is 20.6. The van der Waals surface area contributed by atoms with Crippen LogP contribution in [0.25, 0.3) is 22.0 Å². The second-order valence-corrected chi connectivity index (χ2v) is 14.1. The number of carbonyl (C=O) groups is 1. The van der Waals surface area contributed by atoms with Crippen LogP contribution in [-0.2, 0) is 55.8 Å². The summed E-state index contributed by atoms with van der Waals surface area (Å²) in [6.07, 6.45) is 5.25. The first-order valence-corrected chi connectivity index (χ1v) is 16.9. The summed E-state index contributed by atoms with van der Waals surface area (Å²) in [5.74, 6) is -0.236. The summed E-state index contributed by atoms with van der Waals surface area (Å²) in [5.41, 5.74) is 7.21. The quantitative estimate of drug-likeness (QED) is 0.268. The average Bonchev–Trinajstić information content (AvgIpc) is 3.65. The molecular formula is C32H37ClN4O5S. The highest BCUT2D eigenvalue weighted by molar-refractivity contribution is 7.89. The van der Waals surface area contributed by atoms with Crippen LogP contribution in [0.4, 0.5) is 0 Å². The molecule has 9 nitrogen and oxygen atoms in total. The largest absolute Gasteiger partial charge is 0.493 e. The second-order valence-electron chi connectivity index (χ2n) is 11.5. The van der Waals surface area contributed by atoms with Crippen LogP contribution in [0.1, 0.15) is 64.8 Å². The normalized spacial score (nSPS) is 16.6. The maximum atomic E-state index is 13.2. The Morgan fingerprint density at radius 1 is 1.12 bits per heavy atom. The molecule has 1 N–H and O–H groups in total. The molecule has 0 atom stereocenters. The second kappa shape index (κ2) is 11.6. The van der Waals surface area contributed by atoms with Crippen molar-refractivity contribution in [2.24, 2.45) is 7.05 Å². The Morgan fingerprint density at radius 3 is 2.70 bits per heavy atom. The van der Waals surface area contributed by atoms with Crippen LogP contribution in [0.3, 0.4) is 0 Å². The third-order valence-corrected chi connectivity index (χ3v) is 11.1. The number of hydrogen-bond acceptors (Lipinski definition) is 5. The third kappa shape index (κ3) is 5.23. The SMILES string of the molecule is CCc1c2c(nn1C)CN(C)S(=O)(=O)CCCn1c(C(=O)O)c(CCCOc3cccc4c3CCC4)c3ccc(Cl)c-2c31. The molecule has 0 spiro atoms. The van der Waals surface area contributed by atoms with E-state index in [1.54, 1.807) is 16.3 Å². The van der Waals surface area contributed by atoms with E-state index < -0.39 is 16.0 Å². The number of carboxylic acids is 1. The zero-order chi connectivity index (χ0) is 30.5. The Bertz CT molecular complexity index is 1840. The highest BCUT2D eigenvalue weighted by atomic mass is 35.5. The number of aryl methyl sites for hydroxylation is 4. The van der Waals surface area contributed by atoms with Gasteiger partial charge in [-0.15, -0.1) is 0 Å². The average molecular weight is 625 g/mol. The molecule has 11 heteroatoms. The molecule has 0 fully saturated rings. The van der Waals surface area contributed by atoms with Crippen LogP contribution in [0.15, 0.2) is 30.3 Å². The lowest BCUT2D eigenvalue weighted by atomic mass is 9.97. The molecule has 3 heterocycles. The lowest BCUT2D eigenvalue weighted by Gasteiger charge is -2.16. The summed E-state index contributed by atoms with van der Waals surface area (Å²) in [7, 11) is -0.193. The van der Waals surface area contributed by atoms with E-state index in [0.29, 0.717) is 53.2 Å². The molecule has 0 bridgehead atoms. The topological polar surface area (TPSA) is 107 Å². The Hall–Kier alpha value is -3.34. The molecule has 4 aromatic rings. The van der Waals surface area contributed by atoms with E-state index in [4.69, 9.17) is 21.4 Å². The number of aromatic carboxylic acids is 1. The zero-order valence-corrected chi connectivity index (χ0v) is 26.4. The van der Waals surface area contributed by atoms with Crippen LogP contribution in [0.5, 0.6) is 5.75 Å². The fourth-order valence-corrected chi connectivity index (χ4v) is 8.27. The molecule has 0 saturated carbocycles. The number of halogens is 1. The maximum absolute atomic E-state index is 13.2. The van der Waals surface area contributed by atoms with Crippen molar-refractivity contribution in [2.75, 3.05) is 19.4 Å². The number of aromatic nitrogens is 3. The van der Waals surface area contributed by atoms with Gasteiger partial charge in [-0.3, -0.25) is 4.68 Å². The van der Waals surface area contributed by atoms with Crippen molar-refractivity contribution in [1.29, 1.82) is 0 Å². The lowest BCUT2D eigenvalue weighted by Crippen LogP contribution is -2.29. The van der Waals surface area contributed by atoms with Gasteiger partial charge in [-0.1, -0.05) is 36.7 Å². The number of carboxylic acid groups (broad SMARTS) is 1. The molecule has 0 unspecified atom stereocenters. The number of rotatable bonds is 7. The minimum atomic E-state index is -3.60. The Balaban J connectivity index is 1.47. The molecule has 1 aliphatic carbocycles. The van der Waals surface area contributed by atoms with Gasteiger partial charge in [-0.2, -0.15) is 9.40 Å². The maximum Gasteiger partial charge on any atom is 0.352 e. The van der Waals surface area contributed by atoms with Crippen LogP contribution >= 0.6 is 11.6 Å². The van der Waals surface area contributed by atoms with E-state index >= 15 is 0 Å². The molecule has 43 heavy (non-hydrogen) atoms. The fourth-order valence-electron chi connectivity index (χ4n) is 6.90. The summed E-state index contributed by atoms with van der Waals surface area (Å²) in [6, 6.07) is 9.92. The summed E-state index contributed by atoms with van der Waals surface area (Å²) >= 11 is 6.96. The van der Waals surface area contributed by atoms with Crippen molar-refractivity contribution in [3.8, 4) is 16.9 Å². The van der Waals surface area contributed by atoms with Gasteiger partial charge < -0.3 is 14.4 Å². The van der Waals surface area contributed by atoms with E-state index in [0.717, 1.165) is 41.7 Å². The number of hydrogen-bond donors (Lipinski definition) is 1. The monoisotopic (exact) mass is 624 g/mol. The molecular weight excluding hydrogens is 588 g/mol. The van der Waals surface area contributed by atoms with Crippen LogP contribution in [-0.4, -0.2) is 57.6 Å². The molecule has 228 valence electrons. The van der Waals surface area contributed by atoms with Crippen molar-refractivity contribution < 1.29 is 23.1 Å². The van der Waals surface area contributed by atoms with E-state index in [1.165, 1.54) is 15.4 Å². The van der Waals surface area contributed by atoms with Gasteiger partial charge in [0.2, 0.25) is 10.0 Å². The third-order valence-electron chi connectivity index (χ3n) is 8.87. The highest BCUT2D eigenvalue weighted by Gasteiger charge is 2.31. The smallest absolute Gasteiger partial charge is 0.352 e. The number of benzene rings is 2. The van der Waals surface area contributed by atoms with Crippen molar-refractivity contribution in [3.05, 3.63) is 69.1 Å². The van der Waals surface area contributed by atoms with Gasteiger partial charge in [-0.05, 0) is 73.8 Å². The van der Waals surface area contributed by atoms with Gasteiger partial charge >= 0.3 is 5.97 Å². The van der Waals surface area contributed by atoms with Crippen molar-refractivity contribution in [3.63, 3.8) is 0 Å². The molecule has 0 amide bonds. The standard InChI is InChI=1S/C32H37ClN4O5S/c1-4-26-29-25(34-36(26)3)19-35(2)43(40,41)18-8-16-37-30-23(14-15-24(33)28(29)30)22(31(37)32(38)39)12-7-17-42-27-13-6-10-20-9-5-11-21(20)27/h6,10,13-15H,4-5,7-9,11-12,16-19H2,1-3H3,(H,38,39). The lowest BCUT2D eigenvalue weighted by molar-refractivity contribution is 0.0684. The predicted molar refractivity (Wildman–Crippen MR) is 168 cm³/mol. The van der Waals surface area contributed by atoms with Gasteiger partial charge in [0.15, 0.2) is 0 Å². The Kier molecular flexibility index (Phi) is 8.04. The number of ether oxygens (including phenoxy) is 1. The van der Waals surface area contributed by atoms with E-state index in [9.17, 15) is 18.3 Å². The molecule has 0 saturated heterocycles. The number of fused-ring (bicyclic) bond motifs is 3. The van der Waals surface area contributed by atoms with Gasteiger partial charge in [0, 0.05) is 42.8 Å². The van der Waals surface area contributed by atoms with E-state index in [2.05, 4.69) is 6.07 Å². The first-order valence-electron chi connectivity index (χ1n) is 14.9. The zero-order valence-electron chi connectivity index (χ0n) is 24.8. The Morgan fingerprint density at radius 2 is 1.93 bits per heavy atom. The van der Waals surface area contributed by atoms with Crippen molar-refractivity contribution in [1.82, 2.24) is 18.7 Å². The van der Waals surface area contributed by atoms with Crippen molar-refractivity contribution in [2.45, 2.75) is 65.0 Å². The molecule has 2 aliphatic rings. The molecule has 6 rings (SSSR count). The van der Waals surface area contributed by atoms with Gasteiger partial charge in [0.1, 0.15) is 11.4 Å². The minimum absolute atomic E-state index is 0.0953. The predicted octanol–water partition coefficient (Wildman–Crippen LogP) is 5.62. The first kappa shape index (κ1) is 29.7. The molecule has 2 aromatic heterocycles. The van der Waals surface area contributed by atoms with Crippen LogP contribution in [0.2, 0.25) is 5.02 Å². The number of nitrogens with zero attached hydrogens (tertiary/aromatic N) is 4. The minimum Gasteiger partial charge on any atom is -0.493 e. The van der Waals surface area contributed by atoms with E-state index in [1.807, 2.05) is 38.2 Å². The summed E-state index contributed by atoms with van der Waals surface area (Å²) in [4.78, 5) is 12.9. The molecule has 0 radical (unpaired) electrons. The molecule has 2 aromatic carbocycles. The van der Waals surface area contributed by atoms with Crippen LogP contribution in [0, 0.1) is 0 Å². The van der Waals surface area contributed by atoms with Gasteiger partial charge in [0.05, 0.1) is 35.1 Å². The Labute approximate surface area is 257 Å². The highest BCUT2D eigenvalue weighted by Crippen LogP contribution is 2.43. The van der Waals surface area contributed by atoms with Crippen LogP contribution < -0.4 is 4.74 Å². The summed E-state index contributed by atoms with van der Waals surface area (Å²) < 4.78 is 37.5. The number of sulfonamides is 1. The van der Waals surface area contributed by atoms with Gasteiger partial charge in [-0.25, -0.2) is 13.2 Å². The summed E-state index contributed by atoms with van der Waals surface area (Å²) in [6.45, 7) is 2.80. The fraction of sp³-hybridized carbons (Fsp3) is 0.438. The van der Waals surface area contributed by atoms with Crippen molar-refractivity contribution >= 4 is 38.5 Å². The van der Waals surface area contributed by atoms with E-state index in [-0.39, 0.29) is 31.0 Å².